The Morgan fingerprint density at radius 2 is 1.47 bits per heavy atom. The first-order chi connectivity index (χ1) is 9.03. The van der Waals surface area contributed by atoms with Crippen LogP contribution in [0.5, 0.6) is 0 Å². The van der Waals surface area contributed by atoms with Crippen LogP contribution in [0.2, 0.25) is 12.1 Å². The zero-order valence-electron chi connectivity index (χ0n) is 14.1. The van der Waals surface area contributed by atoms with E-state index < -0.39 is 8.56 Å². The van der Waals surface area contributed by atoms with E-state index in [1.807, 2.05) is 0 Å². The molecular weight excluding hydrogens is 252 g/mol. The van der Waals surface area contributed by atoms with Gasteiger partial charge in [-0.2, -0.15) is 0 Å². The molecular formula is C16H36O2Si. The number of hydrogen-bond donors (Lipinski definition) is 0. The Balaban J connectivity index is 4.17. The lowest BCUT2D eigenvalue weighted by molar-refractivity contribution is 0.139. The quantitative estimate of drug-likeness (QED) is 0.355. The second-order valence-electron chi connectivity index (χ2n) is 6.00. The predicted octanol–water partition coefficient (Wildman–Crippen LogP) is 5.37. The Bertz CT molecular complexity index is 199. The van der Waals surface area contributed by atoms with E-state index in [0.717, 1.165) is 31.2 Å². The highest BCUT2D eigenvalue weighted by Crippen LogP contribution is 2.22. The van der Waals surface area contributed by atoms with Gasteiger partial charge in [0, 0.05) is 13.2 Å². The maximum Gasteiger partial charge on any atom is 0.337 e. The normalized spacial score (nSPS) is 12.6. The summed E-state index contributed by atoms with van der Waals surface area (Å²) >= 11 is 0. The third-order valence-electron chi connectivity index (χ3n) is 4.11. The molecule has 0 aliphatic heterocycles. The minimum atomic E-state index is -1.91. The van der Waals surface area contributed by atoms with Crippen LogP contribution >= 0.6 is 0 Å². The highest BCUT2D eigenvalue weighted by molar-refractivity contribution is 6.67. The SMILES string of the molecule is CCC(CC)CO[Si](CC)(CC)OCCCC(C)C. The van der Waals surface area contributed by atoms with Crippen molar-refractivity contribution in [1.29, 1.82) is 0 Å². The Morgan fingerprint density at radius 3 is 1.89 bits per heavy atom. The standard InChI is InChI=1S/C16H36O2Si/c1-7-16(8-2)14-18-19(9-3,10-4)17-13-11-12-15(5)6/h15-16H,7-14H2,1-6H3. The van der Waals surface area contributed by atoms with Gasteiger partial charge < -0.3 is 8.85 Å². The van der Waals surface area contributed by atoms with Crippen molar-refractivity contribution in [1.82, 2.24) is 0 Å². The Morgan fingerprint density at radius 1 is 0.895 bits per heavy atom. The van der Waals surface area contributed by atoms with Crippen LogP contribution in [0.3, 0.4) is 0 Å². The highest BCUT2D eigenvalue weighted by atomic mass is 28.4. The second kappa shape index (κ2) is 10.9. The van der Waals surface area contributed by atoms with Crippen molar-refractivity contribution in [3.8, 4) is 0 Å². The van der Waals surface area contributed by atoms with Gasteiger partial charge in [-0.05, 0) is 36.8 Å². The van der Waals surface area contributed by atoms with E-state index in [1.165, 1.54) is 25.7 Å². The number of hydrogen-bond acceptors (Lipinski definition) is 2. The van der Waals surface area contributed by atoms with Gasteiger partial charge in [0.15, 0.2) is 0 Å². The van der Waals surface area contributed by atoms with Crippen LogP contribution in [-0.4, -0.2) is 21.8 Å². The lowest BCUT2D eigenvalue weighted by atomic mass is 10.1. The smallest absolute Gasteiger partial charge is 0.337 e. The van der Waals surface area contributed by atoms with E-state index in [4.69, 9.17) is 8.85 Å². The van der Waals surface area contributed by atoms with Crippen molar-refractivity contribution in [2.45, 2.75) is 79.3 Å². The van der Waals surface area contributed by atoms with Crippen molar-refractivity contribution >= 4 is 8.56 Å². The largest absolute Gasteiger partial charge is 0.394 e. The average molecular weight is 289 g/mol. The van der Waals surface area contributed by atoms with E-state index in [0.29, 0.717) is 5.92 Å². The first-order valence-electron chi connectivity index (χ1n) is 8.31. The summed E-state index contributed by atoms with van der Waals surface area (Å²) in [6.07, 6.45) is 4.84. The maximum atomic E-state index is 6.30. The van der Waals surface area contributed by atoms with Crippen LogP contribution in [0.4, 0.5) is 0 Å². The second-order valence-corrected chi connectivity index (χ2v) is 9.81. The molecule has 0 spiro atoms. The Labute approximate surface area is 122 Å². The molecule has 0 aromatic carbocycles. The average Bonchev–Trinajstić information content (AvgIpc) is 2.42. The van der Waals surface area contributed by atoms with Gasteiger partial charge in [0.2, 0.25) is 0 Å². The van der Waals surface area contributed by atoms with E-state index in [2.05, 4.69) is 41.5 Å². The van der Waals surface area contributed by atoms with Crippen molar-refractivity contribution in [3.05, 3.63) is 0 Å². The minimum Gasteiger partial charge on any atom is -0.394 e. The Hall–Kier alpha value is 0.137. The van der Waals surface area contributed by atoms with Crippen LogP contribution in [0.25, 0.3) is 0 Å². The number of rotatable bonds is 12. The molecule has 0 aliphatic carbocycles. The van der Waals surface area contributed by atoms with E-state index in [9.17, 15) is 0 Å². The molecule has 0 aromatic rings. The molecule has 0 radical (unpaired) electrons. The summed E-state index contributed by atoms with van der Waals surface area (Å²) < 4.78 is 12.5. The molecule has 0 aromatic heterocycles. The molecule has 0 bridgehead atoms. The molecule has 0 saturated carbocycles. The first-order valence-corrected chi connectivity index (χ1v) is 10.5. The highest BCUT2D eigenvalue weighted by Gasteiger charge is 2.33. The predicted molar refractivity (Wildman–Crippen MR) is 86.8 cm³/mol. The molecule has 0 atom stereocenters. The van der Waals surface area contributed by atoms with Gasteiger partial charge in [-0.15, -0.1) is 0 Å². The van der Waals surface area contributed by atoms with E-state index >= 15 is 0 Å². The van der Waals surface area contributed by atoms with Gasteiger partial charge in [0.05, 0.1) is 0 Å². The molecule has 0 rings (SSSR count). The maximum absolute atomic E-state index is 6.30. The van der Waals surface area contributed by atoms with Gasteiger partial charge >= 0.3 is 8.56 Å². The molecule has 0 saturated heterocycles. The summed E-state index contributed by atoms with van der Waals surface area (Å²) in [5, 5.41) is 0. The molecule has 0 unspecified atom stereocenters. The molecule has 0 N–H and O–H groups in total. The fourth-order valence-corrected chi connectivity index (χ4v) is 4.70. The fraction of sp³-hybridized carbons (Fsp3) is 1.00. The van der Waals surface area contributed by atoms with Crippen LogP contribution in [0.1, 0.15) is 67.2 Å². The van der Waals surface area contributed by atoms with Crippen molar-refractivity contribution in [2.75, 3.05) is 13.2 Å². The summed E-state index contributed by atoms with van der Waals surface area (Å²) in [5.41, 5.74) is 0. The monoisotopic (exact) mass is 288 g/mol. The van der Waals surface area contributed by atoms with Crippen molar-refractivity contribution in [2.24, 2.45) is 11.8 Å². The van der Waals surface area contributed by atoms with E-state index in [1.54, 1.807) is 0 Å². The van der Waals surface area contributed by atoms with Crippen LogP contribution in [-0.2, 0) is 8.85 Å². The lowest BCUT2D eigenvalue weighted by Gasteiger charge is -2.30. The van der Waals surface area contributed by atoms with Crippen LogP contribution in [0, 0.1) is 11.8 Å². The summed E-state index contributed by atoms with van der Waals surface area (Å²) in [4.78, 5) is 0. The molecule has 0 heterocycles. The van der Waals surface area contributed by atoms with Crippen molar-refractivity contribution < 1.29 is 8.85 Å². The summed E-state index contributed by atoms with van der Waals surface area (Å²) in [5.74, 6) is 1.47. The van der Waals surface area contributed by atoms with E-state index in [-0.39, 0.29) is 0 Å². The van der Waals surface area contributed by atoms with Gasteiger partial charge in [0.1, 0.15) is 0 Å². The summed E-state index contributed by atoms with van der Waals surface area (Å²) in [6, 6.07) is 2.15. The molecule has 0 fully saturated rings. The van der Waals surface area contributed by atoms with Crippen molar-refractivity contribution in [3.63, 3.8) is 0 Å². The molecule has 0 aliphatic rings. The molecule has 3 heteroatoms. The third kappa shape index (κ3) is 8.11. The van der Waals surface area contributed by atoms with Gasteiger partial charge in [-0.3, -0.25) is 0 Å². The van der Waals surface area contributed by atoms with Gasteiger partial charge in [0.25, 0.3) is 0 Å². The molecule has 19 heavy (non-hydrogen) atoms. The zero-order valence-corrected chi connectivity index (χ0v) is 15.1. The van der Waals surface area contributed by atoms with Gasteiger partial charge in [-0.25, -0.2) is 0 Å². The van der Waals surface area contributed by atoms with Gasteiger partial charge in [-0.1, -0.05) is 54.4 Å². The Kier molecular flexibility index (Phi) is 10.9. The first kappa shape index (κ1) is 19.1. The molecule has 0 amide bonds. The molecule has 2 nitrogen and oxygen atoms in total. The lowest BCUT2D eigenvalue weighted by Crippen LogP contribution is -2.42. The zero-order chi connectivity index (χ0) is 14.7. The van der Waals surface area contributed by atoms with Crippen LogP contribution in [0.15, 0.2) is 0 Å². The summed E-state index contributed by atoms with van der Waals surface area (Å²) in [7, 11) is -1.91. The third-order valence-corrected chi connectivity index (χ3v) is 7.68. The van der Waals surface area contributed by atoms with Crippen LogP contribution < -0.4 is 0 Å². The minimum absolute atomic E-state index is 0.698. The topological polar surface area (TPSA) is 18.5 Å². The fourth-order valence-electron chi connectivity index (χ4n) is 2.24. The summed E-state index contributed by atoms with van der Waals surface area (Å²) in [6.45, 7) is 15.3. The molecule has 116 valence electrons.